The zero-order valence-corrected chi connectivity index (χ0v) is 24.9. The minimum atomic E-state index is -0.392. The second-order valence-electron chi connectivity index (χ2n) is 11.5. The van der Waals surface area contributed by atoms with Crippen LogP contribution in [0, 0.1) is 6.92 Å². The number of fused-ring (bicyclic) bond motifs is 1. The van der Waals surface area contributed by atoms with Crippen molar-refractivity contribution in [2.24, 2.45) is 0 Å². The Hall–Kier alpha value is -3.52. The minimum Gasteiger partial charge on any atom is -0.444 e. The molecule has 1 aliphatic heterocycles. The van der Waals surface area contributed by atoms with Gasteiger partial charge in [0.1, 0.15) is 24.8 Å². The first-order valence-corrected chi connectivity index (χ1v) is 13.2. The Morgan fingerprint density at radius 3 is 2.05 bits per heavy atom. The van der Waals surface area contributed by atoms with Crippen molar-refractivity contribution in [2.45, 2.75) is 78.4 Å². The number of H-pyrrole nitrogens is 1. The monoisotopic (exact) mass is 538 g/mol. The van der Waals surface area contributed by atoms with Gasteiger partial charge >= 0.3 is 6.09 Å². The molecule has 3 heterocycles. The number of aromatic nitrogens is 2. The number of hydrogen-bond acceptors (Lipinski definition) is 6. The number of benzene rings is 1. The summed E-state index contributed by atoms with van der Waals surface area (Å²) >= 11 is 0. The highest BCUT2D eigenvalue weighted by molar-refractivity contribution is 5.93. The number of hydrogen-bond donors (Lipinski definition) is 2. The number of rotatable bonds is 2. The molecule has 1 aromatic carbocycles. The van der Waals surface area contributed by atoms with Crippen molar-refractivity contribution in [3.05, 3.63) is 53.9 Å². The summed E-state index contributed by atoms with van der Waals surface area (Å²) in [5.41, 5.74) is 5.66. The van der Waals surface area contributed by atoms with E-state index in [0.717, 1.165) is 31.6 Å². The quantitative estimate of drug-likeness (QED) is 0.410. The summed E-state index contributed by atoms with van der Waals surface area (Å²) in [7, 11) is 1.97. The molecule has 3 aromatic rings. The van der Waals surface area contributed by atoms with Gasteiger partial charge in [-0.3, -0.25) is 0 Å². The molecular formula is C31H46N4O4. The highest BCUT2D eigenvalue weighted by Crippen LogP contribution is 2.31. The van der Waals surface area contributed by atoms with Crippen molar-refractivity contribution in [1.29, 1.82) is 0 Å². The van der Waals surface area contributed by atoms with E-state index in [4.69, 9.17) is 14.3 Å². The number of ether oxygens (including phenoxy) is 1. The third-order valence-corrected chi connectivity index (χ3v) is 6.26. The number of nitrogens with zero attached hydrogens (tertiary/aromatic N) is 2. The number of aromatic amines is 1. The van der Waals surface area contributed by atoms with E-state index < -0.39 is 5.60 Å². The zero-order chi connectivity index (χ0) is 29.8. The Morgan fingerprint density at radius 2 is 1.56 bits per heavy atom. The Bertz CT molecular complexity index is 1150. The van der Waals surface area contributed by atoms with E-state index in [1.807, 2.05) is 47.6 Å². The second-order valence-corrected chi connectivity index (χ2v) is 11.5. The molecular weight excluding hydrogens is 492 g/mol. The first-order chi connectivity index (χ1) is 18.4. The maximum absolute atomic E-state index is 11.7. The lowest BCUT2D eigenvalue weighted by Gasteiger charge is -2.33. The van der Waals surface area contributed by atoms with Gasteiger partial charge in [0, 0.05) is 41.8 Å². The first-order valence-electron chi connectivity index (χ1n) is 13.2. The molecule has 39 heavy (non-hydrogen) atoms. The molecule has 0 spiro atoms. The SMILES string of the molecule is C=O.C=O.CNC1CCN(C(=O)OC(C)(C)C)CC1.Cc1ccc(-c2ccnc3[nH]c(C(C)(C)C)cc23)cc1. The molecule has 1 saturated heterocycles. The number of carbonyl (C=O) groups excluding carboxylic acids is 3. The van der Waals surface area contributed by atoms with Crippen molar-refractivity contribution in [1.82, 2.24) is 20.2 Å². The summed E-state index contributed by atoms with van der Waals surface area (Å²) in [5, 5.41) is 4.43. The molecule has 1 amide bonds. The van der Waals surface area contributed by atoms with Crippen LogP contribution in [-0.2, 0) is 19.7 Å². The van der Waals surface area contributed by atoms with Crippen LogP contribution in [0.4, 0.5) is 4.79 Å². The van der Waals surface area contributed by atoms with Crippen LogP contribution in [0.1, 0.15) is 65.6 Å². The number of aryl methyl sites for hydroxylation is 1. The summed E-state index contributed by atoms with van der Waals surface area (Å²) in [6, 6.07) is 13.5. The minimum absolute atomic E-state index is 0.102. The Kier molecular flexibility index (Phi) is 13.0. The smallest absolute Gasteiger partial charge is 0.410 e. The number of nitrogens with one attached hydrogen (secondary N) is 2. The topological polar surface area (TPSA) is 104 Å². The molecule has 2 aromatic heterocycles. The molecule has 2 N–H and O–H groups in total. The largest absolute Gasteiger partial charge is 0.444 e. The van der Waals surface area contributed by atoms with Gasteiger partial charge in [0.25, 0.3) is 0 Å². The highest BCUT2D eigenvalue weighted by Gasteiger charge is 2.26. The van der Waals surface area contributed by atoms with E-state index in [1.54, 1.807) is 4.90 Å². The van der Waals surface area contributed by atoms with E-state index in [-0.39, 0.29) is 11.5 Å². The fraction of sp³-hybridized carbons (Fsp3) is 0.484. The van der Waals surface area contributed by atoms with Crippen molar-refractivity contribution < 1.29 is 19.1 Å². The fourth-order valence-electron chi connectivity index (χ4n) is 4.09. The van der Waals surface area contributed by atoms with Gasteiger partial charge < -0.3 is 29.5 Å². The average molecular weight is 539 g/mol. The van der Waals surface area contributed by atoms with Crippen LogP contribution in [0.25, 0.3) is 22.2 Å². The van der Waals surface area contributed by atoms with Crippen LogP contribution < -0.4 is 5.32 Å². The molecule has 4 rings (SSSR count). The molecule has 214 valence electrons. The molecule has 0 saturated carbocycles. The summed E-state index contributed by atoms with van der Waals surface area (Å²) in [5.74, 6) is 0. The zero-order valence-electron chi connectivity index (χ0n) is 24.9. The summed E-state index contributed by atoms with van der Waals surface area (Å²) in [6.07, 6.45) is 3.71. The molecule has 8 heteroatoms. The van der Waals surface area contributed by atoms with Crippen molar-refractivity contribution in [3.8, 4) is 11.1 Å². The number of pyridine rings is 1. The van der Waals surface area contributed by atoms with E-state index in [0.29, 0.717) is 6.04 Å². The van der Waals surface area contributed by atoms with Crippen LogP contribution >= 0.6 is 0 Å². The molecule has 0 radical (unpaired) electrons. The second kappa shape index (κ2) is 15.2. The Labute approximate surface area is 233 Å². The molecule has 1 fully saturated rings. The van der Waals surface area contributed by atoms with Crippen molar-refractivity contribution >= 4 is 30.7 Å². The van der Waals surface area contributed by atoms with Crippen LogP contribution in [0.2, 0.25) is 0 Å². The third kappa shape index (κ3) is 10.3. The van der Waals surface area contributed by atoms with Gasteiger partial charge in [-0.15, -0.1) is 0 Å². The maximum atomic E-state index is 11.7. The number of amides is 1. The normalized spacial score (nSPS) is 13.7. The van der Waals surface area contributed by atoms with Gasteiger partial charge in [-0.05, 0) is 70.8 Å². The first kappa shape index (κ1) is 33.5. The van der Waals surface area contributed by atoms with Gasteiger partial charge in [0.15, 0.2) is 0 Å². The van der Waals surface area contributed by atoms with Gasteiger partial charge in [0.05, 0.1) is 0 Å². The lowest BCUT2D eigenvalue weighted by Crippen LogP contribution is -2.45. The average Bonchev–Trinajstić information content (AvgIpc) is 3.37. The Morgan fingerprint density at radius 1 is 1.00 bits per heavy atom. The Balaban J connectivity index is 0.000000358. The third-order valence-electron chi connectivity index (χ3n) is 6.26. The fourth-order valence-corrected chi connectivity index (χ4v) is 4.09. The molecule has 0 aliphatic carbocycles. The van der Waals surface area contributed by atoms with Crippen LogP contribution in [0.3, 0.4) is 0 Å². The number of piperidine rings is 1. The van der Waals surface area contributed by atoms with Gasteiger partial charge in [-0.2, -0.15) is 0 Å². The van der Waals surface area contributed by atoms with E-state index >= 15 is 0 Å². The highest BCUT2D eigenvalue weighted by atomic mass is 16.6. The predicted molar refractivity (Wildman–Crippen MR) is 159 cm³/mol. The number of carbonyl (C=O) groups is 3. The predicted octanol–water partition coefficient (Wildman–Crippen LogP) is 6.07. The van der Waals surface area contributed by atoms with Gasteiger partial charge in [0.2, 0.25) is 0 Å². The molecule has 0 atom stereocenters. The molecule has 8 nitrogen and oxygen atoms in total. The van der Waals surface area contributed by atoms with Gasteiger partial charge in [-0.25, -0.2) is 9.78 Å². The lowest BCUT2D eigenvalue weighted by atomic mass is 9.92. The van der Waals surface area contributed by atoms with Crippen molar-refractivity contribution in [2.75, 3.05) is 20.1 Å². The maximum Gasteiger partial charge on any atom is 0.410 e. The molecule has 0 bridgehead atoms. The van der Waals surface area contributed by atoms with E-state index in [1.165, 1.54) is 27.8 Å². The summed E-state index contributed by atoms with van der Waals surface area (Å²) < 4.78 is 5.31. The van der Waals surface area contributed by atoms with E-state index in [2.05, 4.69) is 79.4 Å². The molecule has 1 aliphatic rings. The van der Waals surface area contributed by atoms with Crippen molar-refractivity contribution in [3.63, 3.8) is 0 Å². The standard InChI is InChI=1S/C18H20N2.C11H22N2O2.2CH2O/c1-12-5-7-13(8-6-12)14-9-10-19-17-15(14)11-16(20-17)18(2,3)4;1-11(2,3)15-10(14)13-7-5-9(12-4)6-8-13;2*1-2/h5-11H,1-4H3,(H,19,20);9,12H,5-8H2,1-4H3;2*1H2. The van der Waals surface area contributed by atoms with E-state index in [9.17, 15) is 4.79 Å². The van der Waals surface area contributed by atoms with Crippen LogP contribution in [0.15, 0.2) is 42.6 Å². The summed E-state index contributed by atoms with van der Waals surface area (Å²) in [6.45, 7) is 20.0. The molecule has 0 unspecified atom stereocenters. The van der Waals surface area contributed by atoms with Crippen LogP contribution in [0.5, 0.6) is 0 Å². The number of likely N-dealkylation sites (tertiary alicyclic amines) is 1. The lowest BCUT2D eigenvalue weighted by molar-refractivity contribution is -0.0987. The van der Waals surface area contributed by atoms with Crippen LogP contribution in [-0.4, -0.2) is 66.3 Å². The summed E-state index contributed by atoms with van der Waals surface area (Å²) in [4.78, 5) is 37.4. The van der Waals surface area contributed by atoms with Gasteiger partial charge in [-0.1, -0.05) is 50.6 Å².